The van der Waals surface area contributed by atoms with E-state index in [0.29, 0.717) is 5.56 Å². The molecule has 0 amide bonds. The molecule has 0 unspecified atom stereocenters. The molecule has 0 spiro atoms. The number of hydrogen-bond donors (Lipinski definition) is 0. The van der Waals surface area contributed by atoms with Crippen LogP contribution < -0.4 is 9.92 Å². The normalized spacial score (nSPS) is 13.1. The number of methoxy groups -OCH3 is 1. The maximum atomic E-state index is 9.02. The third-order valence-electron chi connectivity index (χ3n) is 11.0. The maximum absolute atomic E-state index is 9.02. The summed E-state index contributed by atoms with van der Waals surface area (Å²) in [6.07, 6.45) is 12.3. The van der Waals surface area contributed by atoms with Crippen LogP contribution in [0.4, 0.5) is 0 Å². The van der Waals surface area contributed by atoms with Crippen molar-refractivity contribution in [2.75, 3.05) is 7.11 Å². The van der Waals surface area contributed by atoms with Gasteiger partial charge in [0, 0.05) is 42.9 Å². The summed E-state index contributed by atoms with van der Waals surface area (Å²) >= 11 is 1.78. The van der Waals surface area contributed by atoms with E-state index >= 15 is 0 Å². The molecule has 9 rings (SSSR count). The number of rotatable bonds is 7. The SMILES string of the molecule is COc1cc[c-]c(-c2cc(CC3CCCCC3)c([Si](C)(C)C)cn2)c1.N#Cc1ccc(-c2ccc3c(c2)sc2c[c-]c(-c4cc5ccccc5cn4)cc23)cc1.[Ir]. The first kappa shape index (κ1) is 40.2. The van der Waals surface area contributed by atoms with E-state index in [1.54, 1.807) is 18.4 Å². The standard InChI is InChI=1S/C28H15N2S.C22H30NOSi.Ir/c29-16-18-5-7-19(8-6-18)21-9-11-24-25-13-22(10-12-27(25)31-28(24)15-21)26-14-20-3-1-2-4-23(20)17-30-26;1-24-20-12-8-11-18(14-20)21-15-19(13-17-9-6-5-7-10-17)22(16-23-21)25(2,3)4;/h1-9,11-15,17H;8,12,14-17H,5-7,9-10,13H2,1-4H3;/q2*-1;. The van der Waals surface area contributed by atoms with Gasteiger partial charge in [0.15, 0.2) is 0 Å². The average Bonchev–Trinajstić information content (AvgIpc) is 3.61. The van der Waals surface area contributed by atoms with Crippen LogP contribution in [0.3, 0.4) is 0 Å². The van der Waals surface area contributed by atoms with Crippen LogP contribution in [0.1, 0.15) is 43.2 Å². The second-order valence-electron chi connectivity index (χ2n) is 15.9. The van der Waals surface area contributed by atoms with Crippen LogP contribution in [0, 0.1) is 29.4 Å². The summed E-state index contributed by atoms with van der Waals surface area (Å²) in [5, 5.41) is 15.3. The number of benzene rings is 5. The molecule has 57 heavy (non-hydrogen) atoms. The van der Waals surface area contributed by atoms with Crippen molar-refractivity contribution in [1.29, 1.82) is 5.26 Å². The molecular formula is C50H45IrN3OSSi-2. The molecule has 8 aromatic rings. The molecule has 0 N–H and O–H groups in total. The number of hydrogen-bond acceptors (Lipinski definition) is 5. The van der Waals surface area contributed by atoms with Gasteiger partial charge in [0.05, 0.1) is 26.8 Å². The zero-order chi connectivity index (χ0) is 38.6. The summed E-state index contributed by atoms with van der Waals surface area (Å²) in [7, 11) is 0.302. The van der Waals surface area contributed by atoms with Crippen LogP contribution in [0.25, 0.3) is 64.6 Å². The van der Waals surface area contributed by atoms with E-state index in [4.69, 9.17) is 15.0 Å². The first-order valence-electron chi connectivity index (χ1n) is 19.5. The fraction of sp³-hybridized carbons (Fsp3) is 0.220. The molecular weight excluding hydrogens is 911 g/mol. The van der Waals surface area contributed by atoms with Gasteiger partial charge in [-0.2, -0.15) is 16.6 Å². The van der Waals surface area contributed by atoms with Crippen molar-refractivity contribution in [2.45, 2.75) is 58.2 Å². The van der Waals surface area contributed by atoms with Crippen molar-refractivity contribution in [3.05, 3.63) is 145 Å². The van der Waals surface area contributed by atoms with Crippen molar-refractivity contribution in [1.82, 2.24) is 9.97 Å². The van der Waals surface area contributed by atoms with Gasteiger partial charge in [0.25, 0.3) is 0 Å². The van der Waals surface area contributed by atoms with E-state index in [1.807, 2.05) is 54.7 Å². The van der Waals surface area contributed by atoms with Gasteiger partial charge in [0.2, 0.25) is 0 Å². The first-order chi connectivity index (χ1) is 27.2. The molecule has 0 bridgehead atoms. The van der Waals surface area contributed by atoms with Gasteiger partial charge in [0.1, 0.15) is 0 Å². The van der Waals surface area contributed by atoms with E-state index in [9.17, 15) is 0 Å². The van der Waals surface area contributed by atoms with Gasteiger partial charge >= 0.3 is 0 Å². The quantitative estimate of drug-likeness (QED) is 0.118. The Hall–Kier alpha value is -4.96. The van der Waals surface area contributed by atoms with Gasteiger partial charge in [-0.1, -0.05) is 123 Å². The van der Waals surface area contributed by atoms with Crippen molar-refractivity contribution >= 4 is 55.5 Å². The number of thiophene rings is 1. The zero-order valence-corrected chi connectivity index (χ0v) is 37.1. The van der Waals surface area contributed by atoms with Crippen LogP contribution in [0.2, 0.25) is 19.6 Å². The summed E-state index contributed by atoms with van der Waals surface area (Å²) in [6.45, 7) is 7.27. The Kier molecular flexibility index (Phi) is 12.5. The second-order valence-corrected chi connectivity index (χ2v) is 22.0. The predicted octanol–water partition coefficient (Wildman–Crippen LogP) is 12.8. The van der Waals surface area contributed by atoms with Crippen molar-refractivity contribution in [3.8, 4) is 45.5 Å². The minimum atomic E-state index is -1.40. The Morgan fingerprint density at radius 1 is 0.754 bits per heavy atom. The summed E-state index contributed by atoms with van der Waals surface area (Å²) in [6, 6.07) is 46.1. The Labute approximate surface area is 355 Å². The topological polar surface area (TPSA) is 58.8 Å². The molecule has 3 heterocycles. The predicted molar refractivity (Wildman–Crippen MR) is 237 cm³/mol. The van der Waals surface area contributed by atoms with Crippen LogP contribution in [-0.2, 0) is 26.5 Å². The van der Waals surface area contributed by atoms with Gasteiger partial charge in [-0.15, -0.1) is 53.6 Å². The van der Waals surface area contributed by atoms with E-state index < -0.39 is 8.07 Å². The monoisotopic (exact) mass is 956 g/mol. The van der Waals surface area contributed by atoms with Crippen molar-refractivity contribution in [2.24, 2.45) is 5.92 Å². The summed E-state index contributed by atoms with van der Waals surface area (Å²) in [5.74, 6) is 1.70. The van der Waals surface area contributed by atoms with E-state index in [1.165, 1.54) is 74.8 Å². The Morgan fingerprint density at radius 2 is 1.47 bits per heavy atom. The fourth-order valence-corrected chi connectivity index (χ4v) is 10.6. The summed E-state index contributed by atoms with van der Waals surface area (Å²) in [4.78, 5) is 9.46. The molecule has 4 nitrogen and oxygen atoms in total. The molecule has 0 atom stereocenters. The number of nitriles is 1. The number of ether oxygens (including phenoxy) is 1. The molecule has 5 aromatic carbocycles. The minimum absolute atomic E-state index is 0. The molecule has 3 aromatic heterocycles. The molecule has 0 aliphatic heterocycles. The summed E-state index contributed by atoms with van der Waals surface area (Å²) in [5.41, 5.74) is 8.46. The van der Waals surface area contributed by atoms with Crippen molar-refractivity contribution < 1.29 is 24.8 Å². The summed E-state index contributed by atoms with van der Waals surface area (Å²) < 4.78 is 7.83. The number of aromatic nitrogens is 2. The molecule has 1 aliphatic carbocycles. The van der Waals surface area contributed by atoms with Gasteiger partial charge < -0.3 is 14.7 Å². The fourth-order valence-electron chi connectivity index (χ4n) is 7.93. The first-order valence-corrected chi connectivity index (χ1v) is 23.9. The van der Waals surface area contributed by atoms with Gasteiger partial charge in [-0.3, -0.25) is 0 Å². The average molecular weight is 956 g/mol. The maximum Gasteiger partial charge on any atom is 0.0991 e. The molecule has 1 saturated carbocycles. The molecule has 1 fully saturated rings. The van der Waals surface area contributed by atoms with Crippen LogP contribution in [0.15, 0.2) is 122 Å². The Balaban J connectivity index is 0.000000175. The zero-order valence-electron chi connectivity index (χ0n) is 32.9. The van der Waals surface area contributed by atoms with Gasteiger partial charge in [-0.25, -0.2) is 0 Å². The Morgan fingerprint density at radius 3 is 2.23 bits per heavy atom. The largest absolute Gasteiger partial charge is 0.516 e. The number of fused-ring (bicyclic) bond motifs is 4. The third-order valence-corrected chi connectivity index (χ3v) is 14.2. The van der Waals surface area contributed by atoms with Crippen LogP contribution in [0.5, 0.6) is 5.75 Å². The molecule has 7 heteroatoms. The smallest absolute Gasteiger partial charge is 0.0991 e. The van der Waals surface area contributed by atoms with Crippen LogP contribution >= 0.6 is 11.3 Å². The van der Waals surface area contributed by atoms with Crippen LogP contribution in [-0.4, -0.2) is 25.2 Å². The number of pyridine rings is 2. The molecule has 287 valence electrons. The van der Waals surface area contributed by atoms with E-state index in [2.05, 4.69) is 110 Å². The number of nitrogens with zero attached hydrogens (tertiary/aromatic N) is 3. The molecule has 1 aliphatic rings. The Bertz CT molecular complexity index is 2710. The molecule has 0 saturated heterocycles. The second kappa shape index (κ2) is 17.7. The molecule has 1 radical (unpaired) electrons. The third kappa shape index (κ3) is 9.11. The van der Waals surface area contributed by atoms with Gasteiger partial charge in [-0.05, 0) is 79.1 Å². The van der Waals surface area contributed by atoms with E-state index in [0.717, 1.165) is 50.7 Å². The minimum Gasteiger partial charge on any atom is -0.516 e. The van der Waals surface area contributed by atoms with Crippen molar-refractivity contribution in [3.63, 3.8) is 0 Å². The van der Waals surface area contributed by atoms with E-state index in [-0.39, 0.29) is 20.1 Å².